The zero-order valence-corrected chi connectivity index (χ0v) is 24.4. The van der Waals surface area contributed by atoms with Crippen molar-refractivity contribution in [2.45, 2.75) is 63.6 Å². The molecule has 0 radical (unpaired) electrons. The highest BCUT2D eigenvalue weighted by molar-refractivity contribution is 8.00. The predicted molar refractivity (Wildman–Crippen MR) is 154 cm³/mol. The first-order valence-corrected chi connectivity index (χ1v) is 14.3. The van der Waals surface area contributed by atoms with Crippen LogP contribution in [0.4, 0.5) is 0 Å². The van der Waals surface area contributed by atoms with E-state index in [2.05, 4.69) is 15.8 Å². The van der Waals surface area contributed by atoms with Crippen LogP contribution in [0.15, 0.2) is 59.1 Å². The van der Waals surface area contributed by atoms with Gasteiger partial charge in [0, 0.05) is 22.4 Å². The lowest BCUT2D eigenvalue weighted by atomic mass is 9.97. The van der Waals surface area contributed by atoms with Crippen LogP contribution in [0.3, 0.4) is 0 Å². The van der Waals surface area contributed by atoms with Gasteiger partial charge in [-0.25, -0.2) is 0 Å². The van der Waals surface area contributed by atoms with E-state index < -0.39 is 34.7 Å². The zero-order valence-electron chi connectivity index (χ0n) is 22.8. The van der Waals surface area contributed by atoms with Gasteiger partial charge >= 0.3 is 0 Å². The number of benzene rings is 2. The van der Waals surface area contributed by atoms with Crippen molar-refractivity contribution in [1.29, 1.82) is 0 Å². The molecule has 0 aliphatic carbocycles. The Balaban J connectivity index is 1.53. The van der Waals surface area contributed by atoms with Crippen LogP contribution in [0.5, 0.6) is 0 Å². The van der Waals surface area contributed by atoms with E-state index in [1.54, 1.807) is 13.0 Å². The Morgan fingerprint density at radius 1 is 1.18 bits per heavy atom. The fourth-order valence-electron chi connectivity index (χ4n) is 4.72. The van der Waals surface area contributed by atoms with Crippen molar-refractivity contribution < 1.29 is 24.0 Å². The number of aliphatic hydroxyl groups excluding tert-OH is 1. The Hall–Kier alpha value is -3.34. The number of aromatic nitrogens is 1. The van der Waals surface area contributed by atoms with Gasteiger partial charge in [0.1, 0.15) is 11.8 Å². The molecule has 0 spiro atoms. The van der Waals surface area contributed by atoms with E-state index in [1.807, 2.05) is 63.2 Å². The molecule has 1 aromatic heterocycles. The maximum atomic E-state index is 13.8. The number of rotatable bonds is 9. The van der Waals surface area contributed by atoms with Crippen LogP contribution < -0.4 is 10.6 Å². The molecular weight excluding hydrogens is 552 g/mol. The average molecular weight is 585 g/mol. The third-order valence-electron chi connectivity index (χ3n) is 6.94. The first-order chi connectivity index (χ1) is 19.0. The summed E-state index contributed by atoms with van der Waals surface area (Å²) in [5, 5.41) is 21.4. The molecule has 1 aliphatic rings. The molecule has 0 saturated carbocycles. The first-order valence-electron chi connectivity index (χ1n) is 12.9. The molecule has 3 aromatic rings. The molecule has 11 heteroatoms. The molecule has 3 N–H and O–H groups in total. The number of nitrogens with zero attached hydrogens (tertiary/aromatic N) is 2. The summed E-state index contributed by atoms with van der Waals surface area (Å²) in [5.74, 6) is -0.867. The van der Waals surface area contributed by atoms with Gasteiger partial charge in [-0.3, -0.25) is 14.4 Å². The third kappa shape index (κ3) is 6.86. The normalized spacial score (nSPS) is 17.8. The molecule has 3 amide bonds. The summed E-state index contributed by atoms with van der Waals surface area (Å²) in [5.41, 5.74) is 2.72. The van der Waals surface area contributed by atoms with E-state index in [1.165, 1.54) is 22.7 Å². The lowest BCUT2D eigenvalue weighted by Gasteiger charge is -2.33. The third-order valence-corrected chi connectivity index (χ3v) is 8.55. The van der Waals surface area contributed by atoms with E-state index in [0.29, 0.717) is 10.8 Å². The lowest BCUT2D eigenvalue weighted by molar-refractivity contribution is -0.147. The quantitative estimate of drug-likeness (QED) is 0.351. The minimum Gasteiger partial charge on any atom is -0.381 e. The number of thioether (sulfide) groups is 1. The van der Waals surface area contributed by atoms with Crippen molar-refractivity contribution >= 4 is 41.1 Å². The molecule has 4 rings (SSSR count). The van der Waals surface area contributed by atoms with Crippen molar-refractivity contribution in [2.75, 3.05) is 5.88 Å². The number of hydrogen-bond donors (Lipinski definition) is 3. The molecule has 212 valence electrons. The SMILES string of the molecule is Cc1cc(C(=O)N[C@@H](Cc2ccccc2)[C@H](O)C(=O)N2CSC(C)(C)C2C(=O)NCc2ccc(Cl)cc2C)no1. The maximum absolute atomic E-state index is 13.8. The standard InChI is InChI=1S/C29H33ClN4O5S/c1-17-12-21(30)11-10-20(17)15-31-27(37)25-29(3,4)40-16-34(25)28(38)24(35)22(14-19-8-6-5-7-9-19)32-26(36)23-13-18(2)39-33-23/h5-13,22,24-25,35H,14-16H2,1-4H3,(H,31,37)(H,32,36)/t22-,24-,25?/m0/s1. The molecule has 1 unspecified atom stereocenters. The number of aryl methyl sites for hydroxylation is 2. The summed E-state index contributed by atoms with van der Waals surface area (Å²) in [6, 6.07) is 14.3. The molecule has 0 bridgehead atoms. The van der Waals surface area contributed by atoms with Gasteiger partial charge in [-0.15, -0.1) is 11.8 Å². The highest BCUT2D eigenvalue weighted by Crippen LogP contribution is 2.40. The van der Waals surface area contributed by atoms with E-state index in [0.717, 1.165) is 16.7 Å². The van der Waals surface area contributed by atoms with Crippen molar-refractivity contribution in [2.24, 2.45) is 0 Å². The van der Waals surface area contributed by atoms with Crippen molar-refractivity contribution in [3.63, 3.8) is 0 Å². The number of nitrogens with one attached hydrogen (secondary N) is 2. The van der Waals surface area contributed by atoms with Crippen molar-refractivity contribution in [3.8, 4) is 0 Å². The number of halogens is 1. The van der Waals surface area contributed by atoms with Crippen LogP contribution in [-0.2, 0) is 22.6 Å². The topological polar surface area (TPSA) is 125 Å². The van der Waals surface area contributed by atoms with Gasteiger partial charge in [-0.05, 0) is 62.9 Å². The first kappa shape index (κ1) is 29.6. The molecule has 3 atom stereocenters. The van der Waals surface area contributed by atoms with Crippen LogP contribution in [0.1, 0.15) is 46.8 Å². The molecule has 2 heterocycles. The second-order valence-corrected chi connectivity index (χ2v) is 12.4. The smallest absolute Gasteiger partial charge is 0.273 e. The van der Waals surface area contributed by atoms with Crippen molar-refractivity contribution in [1.82, 2.24) is 20.7 Å². The van der Waals surface area contributed by atoms with E-state index in [9.17, 15) is 19.5 Å². The number of amides is 3. The Morgan fingerprint density at radius 2 is 1.90 bits per heavy atom. The highest BCUT2D eigenvalue weighted by Gasteiger charge is 2.49. The summed E-state index contributed by atoms with van der Waals surface area (Å²) < 4.78 is 4.40. The van der Waals surface area contributed by atoms with E-state index in [4.69, 9.17) is 16.1 Å². The Kier molecular flexibility index (Phi) is 9.22. The zero-order chi connectivity index (χ0) is 29.0. The lowest BCUT2D eigenvalue weighted by Crippen LogP contribution is -2.58. The van der Waals surface area contributed by atoms with Gasteiger partial charge in [0.2, 0.25) is 5.91 Å². The fraction of sp³-hybridized carbons (Fsp3) is 0.379. The largest absolute Gasteiger partial charge is 0.381 e. The van der Waals surface area contributed by atoms with Crippen LogP contribution in [0.2, 0.25) is 5.02 Å². The Labute approximate surface area is 242 Å². The monoisotopic (exact) mass is 584 g/mol. The van der Waals surface area contributed by atoms with Gasteiger partial charge in [0.05, 0.1) is 11.9 Å². The number of carbonyl (C=O) groups excluding carboxylic acids is 3. The van der Waals surface area contributed by atoms with Crippen molar-refractivity contribution in [3.05, 3.63) is 87.8 Å². The number of aliphatic hydroxyl groups is 1. The molecule has 2 aromatic carbocycles. The van der Waals surface area contributed by atoms with Gasteiger partial charge < -0.3 is 25.2 Å². The molecule has 1 fully saturated rings. The average Bonchev–Trinajstić information content (AvgIpc) is 3.49. The van der Waals surface area contributed by atoms with Gasteiger partial charge in [-0.1, -0.05) is 53.2 Å². The van der Waals surface area contributed by atoms with Gasteiger partial charge in [0.15, 0.2) is 11.8 Å². The second-order valence-electron chi connectivity index (χ2n) is 10.4. The Morgan fingerprint density at radius 3 is 2.55 bits per heavy atom. The van der Waals surface area contributed by atoms with Crippen LogP contribution in [0.25, 0.3) is 0 Å². The summed E-state index contributed by atoms with van der Waals surface area (Å²) in [7, 11) is 0. The van der Waals surface area contributed by atoms with Crippen LogP contribution >= 0.6 is 23.4 Å². The fourth-order valence-corrected chi connectivity index (χ4v) is 6.08. The predicted octanol–water partition coefficient (Wildman–Crippen LogP) is 3.64. The summed E-state index contributed by atoms with van der Waals surface area (Å²) >= 11 is 7.51. The molecule has 1 aliphatic heterocycles. The minimum atomic E-state index is -1.61. The Bertz CT molecular complexity index is 1380. The van der Waals surface area contributed by atoms with E-state index in [-0.39, 0.29) is 30.4 Å². The van der Waals surface area contributed by atoms with Crippen LogP contribution in [-0.4, -0.2) is 61.7 Å². The molecular formula is C29H33ClN4O5S. The number of carbonyl (C=O) groups is 3. The minimum absolute atomic E-state index is 0.0443. The second kappa shape index (κ2) is 12.4. The van der Waals surface area contributed by atoms with Gasteiger partial charge in [0.25, 0.3) is 11.8 Å². The molecule has 1 saturated heterocycles. The molecule has 9 nitrogen and oxygen atoms in total. The maximum Gasteiger partial charge on any atom is 0.273 e. The molecule has 40 heavy (non-hydrogen) atoms. The van der Waals surface area contributed by atoms with E-state index >= 15 is 0 Å². The number of hydrogen-bond acceptors (Lipinski definition) is 7. The summed E-state index contributed by atoms with van der Waals surface area (Å²) in [6.45, 7) is 7.64. The highest BCUT2D eigenvalue weighted by atomic mass is 35.5. The summed E-state index contributed by atoms with van der Waals surface area (Å²) in [6.07, 6.45) is -1.42. The van der Waals surface area contributed by atoms with Gasteiger partial charge in [-0.2, -0.15) is 0 Å². The van der Waals surface area contributed by atoms with Crippen LogP contribution in [0, 0.1) is 13.8 Å². The summed E-state index contributed by atoms with van der Waals surface area (Å²) in [4.78, 5) is 41.5.